The summed E-state index contributed by atoms with van der Waals surface area (Å²) in [7, 11) is 0. The van der Waals surface area contributed by atoms with Crippen molar-refractivity contribution in [1.29, 1.82) is 0 Å². The van der Waals surface area contributed by atoms with E-state index in [0.717, 1.165) is 56.6 Å². The summed E-state index contributed by atoms with van der Waals surface area (Å²) in [5, 5.41) is 11.4. The zero-order chi connectivity index (χ0) is 22.2. The molecule has 5 heterocycles. The molecule has 8 heteroatoms. The molecule has 3 aromatic rings. The summed E-state index contributed by atoms with van der Waals surface area (Å²) in [5.74, 6) is 0.729. The number of nitrogens with zero attached hydrogens (tertiary/aromatic N) is 5. The molecule has 0 spiro atoms. The maximum Gasteiger partial charge on any atom is 0.259 e. The molecule has 3 aliphatic heterocycles. The Bertz CT molecular complexity index is 1140. The van der Waals surface area contributed by atoms with Crippen LogP contribution in [0, 0.1) is 0 Å². The average Bonchev–Trinajstić information content (AvgIpc) is 3.56. The largest absolute Gasteiger partial charge is 0.369 e. The quantitative estimate of drug-likeness (QED) is 0.646. The monoisotopic (exact) mass is 443 g/mol. The Labute approximate surface area is 193 Å². The molecule has 3 aliphatic rings. The van der Waals surface area contributed by atoms with Crippen molar-refractivity contribution in [1.82, 2.24) is 25.0 Å². The van der Waals surface area contributed by atoms with Crippen LogP contribution in [0.4, 0.5) is 11.5 Å². The van der Waals surface area contributed by atoms with Crippen molar-refractivity contribution in [3.8, 4) is 11.1 Å². The number of hydrogen-bond donors (Lipinski definition) is 2. The Morgan fingerprint density at radius 2 is 1.82 bits per heavy atom. The van der Waals surface area contributed by atoms with Gasteiger partial charge >= 0.3 is 0 Å². The number of piperidine rings is 1. The number of carbonyl (C=O) groups is 1. The lowest BCUT2D eigenvalue weighted by Crippen LogP contribution is -2.47. The van der Waals surface area contributed by atoms with Gasteiger partial charge in [-0.15, -0.1) is 0 Å². The van der Waals surface area contributed by atoms with E-state index in [2.05, 4.69) is 60.8 Å². The molecule has 6 rings (SSSR count). The zero-order valence-corrected chi connectivity index (χ0v) is 18.7. The minimum absolute atomic E-state index is 0.0590. The topological polar surface area (TPSA) is 78.3 Å². The van der Waals surface area contributed by atoms with E-state index in [0.29, 0.717) is 24.1 Å². The van der Waals surface area contributed by atoms with Crippen LogP contribution < -0.4 is 15.5 Å². The van der Waals surface area contributed by atoms with E-state index >= 15 is 0 Å². The minimum atomic E-state index is 0.0590. The molecule has 0 bridgehead atoms. The van der Waals surface area contributed by atoms with Crippen LogP contribution in [0.5, 0.6) is 0 Å². The van der Waals surface area contributed by atoms with Crippen LogP contribution in [0.3, 0.4) is 0 Å². The third-order valence-electron chi connectivity index (χ3n) is 7.14. The Hall–Kier alpha value is -3.39. The number of rotatable bonds is 4. The lowest BCUT2D eigenvalue weighted by atomic mass is 10.1. The van der Waals surface area contributed by atoms with E-state index < -0.39 is 0 Å². The first kappa shape index (κ1) is 20.2. The standard InChI is InChI=1S/C25H29N7O/c33-25-23-12-18(19-14-29-32(15-19)21-6-9-26-10-7-21)13-27-24(23)28-17-31(25)22-8-11-30(16-22)20-4-2-1-3-5-20/h1-5,12-15,21-22,26H,6-11,16-17H2,(H,27,28). The van der Waals surface area contributed by atoms with E-state index in [1.807, 2.05) is 29.4 Å². The number of aromatic nitrogens is 3. The number of anilines is 2. The summed E-state index contributed by atoms with van der Waals surface area (Å²) in [4.78, 5) is 22.4. The molecule has 8 nitrogen and oxygen atoms in total. The highest BCUT2D eigenvalue weighted by atomic mass is 16.2. The third kappa shape index (κ3) is 3.84. The van der Waals surface area contributed by atoms with E-state index in [1.54, 1.807) is 0 Å². The van der Waals surface area contributed by atoms with Crippen LogP contribution in [-0.2, 0) is 0 Å². The minimum Gasteiger partial charge on any atom is -0.369 e. The molecule has 0 saturated carbocycles. The van der Waals surface area contributed by atoms with Crippen molar-refractivity contribution in [3.63, 3.8) is 0 Å². The molecule has 1 aromatic carbocycles. The lowest BCUT2D eigenvalue weighted by Gasteiger charge is -2.34. The first-order valence-corrected chi connectivity index (χ1v) is 11.9. The predicted octanol–water partition coefficient (Wildman–Crippen LogP) is 2.97. The van der Waals surface area contributed by atoms with Gasteiger partial charge < -0.3 is 20.4 Å². The molecule has 2 aromatic heterocycles. The lowest BCUT2D eigenvalue weighted by molar-refractivity contribution is 0.0697. The van der Waals surface area contributed by atoms with Gasteiger partial charge in [0.25, 0.3) is 5.91 Å². The molecule has 0 aliphatic carbocycles. The highest BCUT2D eigenvalue weighted by Crippen LogP contribution is 2.30. The molecule has 1 amide bonds. The Morgan fingerprint density at radius 1 is 0.970 bits per heavy atom. The molecule has 2 fully saturated rings. The maximum atomic E-state index is 13.5. The van der Waals surface area contributed by atoms with Crippen LogP contribution >= 0.6 is 0 Å². The fraction of sp³-hybridized carbons (Fsp3) is 0.400. The van der Waals surface area contributed by atoms with E-state index in [1.165, 1.54) is 5.69 Å². The van der Waals surface area contributed by atoms with Gasteiger partial charge in [0.2, 0.25) is 0 Å². The molecule has 2 N–H and O–H groups in total. The van der Waals surface area contributed by atoms with Crippen molar-refractivity contribution in [3.05, 3.63) is 60.6 Å². The summed E-state index contributed by atoms with van der Waals surface area (Å²) in [6.45, 7) is 4.36. The molecule has 0 radical (unpaired) electrons. The number of para-hydroxylation sites is 1. The molecule has 1 unspecified atom stereocenters. The van der Waals surface area contributed by atoms with Gasteiger partial charge in [0.15, 0.2) is 0 Å². The number of carbonyl (C=O) groups excluding carboxylic acids is 1. The van der Waals surface area contributed by atoms with Gasteiger partial charge in [-0.1, -0.05) is 18.2 Å². The van der Waals surface area contributed by atoms with Gasteiger partial charge in [-0.05, 0) is 50.6 Å². The van der Waals surface area contributed by atoms with E-state index in [4.69, 9.17) is 0 Å². The Morgan fingerprint density at radius 3 is 2.67 bits per heavy atom. The van der Waals surface area contributed by atoms with Crippen molar-refractivity contribution in [2.45, 2.75) is 31.3 Å². The summed E-state index contributed by atoms with van der Waals surface area (Å²) >= 11 is 0. The Kier molecular flexibility index (Phi) is 5.22. The summed E-state index contributed by atoms with van der Waals surface area (Å²) in [6, 6.07) is 13.0. The number of fused-ring (bicyclic) bond motifs is 1. The predicted molar refractivity (Wildman–Crippen MR) is 128 cm³/mol. The van der Waals surface area contributed by atoms with Gasteiger partial charge in [-0.2, -0.15) is 5.10 Å². The normalized spacial score (nSPS) is 21.2. The van der Waals surface area contributed by atoms with Crippen molar-refractivity contribution in [2.75, 3.05) is 43.1 Å². The van der Waals surface area contributed by atoms with Crippen molar-refractivity contribution >= 4 is 17.4 Å². The summed E-state index contributed by atoms with van der Waals surface area (Å²) in [5.41, 5.74) is 3.80. The van der Waals surface area contributed by atoms with Crippen LogP contribution in [0.25, 0.3) is 11.1 Å². The maximum absolute atomic E-state index is 13.5. The van der Waals surface area contributed by atoms with Gasteiger partial charge in [0.1, 0.15) is 5.82 Å². The van der Waals surface area contributed by atoms with Crippen LogP contribution in [0.1, 0.15) is 35.7 Å². The van der Waals surface area contributed by atoms with Gasteiger partial charge in [0, 0.05) is 42.3 Å². The fourth-order valence-corrected chi connectivity index (χ4v) is 5.24. The smallest absolute Gasteiger partial charge is 0.259 e. The molecular weight excluding hydrogens is 414 g/mol. The van der Waals surface area contributed by atoms with Crippen LogP contribution in [0.15, 0.2) is 55.0 Å². The first-order chi connectivity index (χ1) is 16.3. The Balaban J connectivity index is 1.20. The molecular formula is C25H29N7O. The number of amides is 1. The second-order valence-corrected chi connectivity index (χ2v) is 9.14. The highest BCUT2D eigenvalue weighted by molar-refractivity contribution is 6.01. The van der Waals surface area contributed by atoms with E-state index in [9.17, 15) is 4.79 Å². The number of hydrogen-bond acceptors (Lipinski definition) is 6. The van der Waals surface area contributed by atoms with Crippen LogP contribution in [0.2, 0.25) is 0 Å². The average molecular weight is 444 g/mol. The van der Waals surface area contributed by atoms with E-state index in [-0.39, 0.29) is 11.9 Å². The van der Waals surface area contributed by atoms with Crippen molar-refractivity contribution in [2.24, 2.45) is 0 Å². The molecule has 2 saturated heterocycles. The second kappa shape index (κ2) is 8.51. The van der Waals surface area contributed by atoms with Gasteiger partial charge in [0.05, 0.1) is 30.5 Å². The summed E-state index contributed by atoms with van der Waals surface area (Å²) < 4.78 is 2.07. The number of nitrogens with one attached hydrogen (secondary N) is 2. The molecule has 33 heavy (non-hydrogen) atoms. The SMILES string of the molecule is O=C1c2cc(-c3cnn(C4CCNCC4)c3)cnc2NCN1C1CCN(c2ccccc2)C1. The fourth-order valence-electron chi connectivity index (χ4n) is 5.24. The number of pyridine rings is 1. The van der Waals surface area contributed by atoms with Gasteiger partial charge in [-0.3, -0.25) is 9.48 Å². The molecule has 1 atom stereocenters. The molecule has 170 valence electrons. The third-order valence-corrected chi connectivity index (χ3v) is 7.14. The summed E-state index contributed by atoms with van der Waals surface area (Å²) in [6.07, 6.45) is 8.95. The van der Waals surface area contributed by atoms with Gasteiger partial charge in [-0.25, -0.2) is 4.98 Å². The van der Waals surface area contributed by atoms with Crippen LogP contribution in [-0.4, -0.2) is 64.5 Å². The number of benzene rings is 1. The second-order valence-electron chi connectivity index (χ2n) is 9.14. The highest BCUT2D eigenvalue weighted by Gasteiger charge is 2.35. The zero-order valence-electron chi connectivity index (χ0n) is 18.7. The first-order valence-electron chi connectivity index (χ1n) is 11.9. The van der Waals surface area contributed by atoms with Crippen molar-refractivity contribution < 1.29 is 4.79 Å².